The van der Waals surface area contributed by atoms with E-state index < -0.39 is 0 Å². The average molecular weight is 385 g/mol. The topological polar surface area (TPSA) is 95.6 Å². The summed E-state index contributed by atoms with van der Waals surface area (Å²) in [5.41, 5.74) is 0.991. The first-order valence-electron chi connectivity index (χ1n) is 8.46. The van der Waals surface area contributed by atoms with E-state index in [0.29, 0.717) is 16.5 Å². The van der Waals surface area contributed by atoms with E-state index in [9.17, 15) is 19.2 Å². The molecule has 0 saturated heterocycles. The molecule has 140 valence electrons. The number of benzene rings is 2. The second-order valence-electron chi connectivity index (χ2n) is 5.99. The van der Waals surface area contributed by atoms with Gasteiger partial charge in [0, 0.05) is 36.7 Å². The first-order chi connectivity index (χ1) is 13.0. The molecule has 0 unspecified atom stereocenters. The zero-order valence-electron chi connectivity index (χ0n) is 14.8. The normalized spacial score (nSPS) is 13.0. The fourth-order valence-corrected chi connectivity index (χ4v) is 3.67. The summed E-state index contributed by atoms with van der Waals surface area (Å²) in [5, 5.41) is 6.69. The summed E-state index contributed by atoms with van der Waals surface area (Å²) < 4.78 is 0. The quantitative estimate of drug-likeness (QED) is 0.694. The second kappa shape index (κ2) is 8.22. The van der Waals surface area contributed by atoms with Crippen molar-refractivity contribution >= 4 is 46.2 Å². The van der Waals surface area contributed by atoms with E-state index in [-0.39, 0.29) is 48.2 Å². The van der Waals surface area contributed by atoms with Crippen molar-refractivity contribution in [3.63, 3.8) is 0 Å². The largest absolute Gasteiger partial charge is 0.358 e. The Kier molecular flexibility index (Phi) is 5.75. The lowest BCUT2D eigenvalue weighted by Crippen LogP contribution is -2.44. The smallest absolute Gasteiger partial charge is 0.261 e. The molecule has 0 bridgehead atoms. The number of imide groups is 1. The molecule has 2 aromatic carbocycles. The number of hydrogen-bond donors (Lipinski definition) is 2. The fraction of sp³-hybridized carbons (Fsp3) is 0.263. The predicted molar refractivity (Wildman–Crippen MR) is 104 cm³/mol. The zero-order chi connectivity index (χ0) is 19.4. The van der Waals surface area contributed by atoms with Gasteiger partial charge in [-0.2, -0.15) is 0 Å². The Balaban J connectivity index is 1.60. The summed E-state index contributed by atoms with van der Waals surface area (Å²) >= 11 is 1.20. The van der Waals surface area contributed by atoms with E-state index in [2.05, 4.69) is 10.6 Å². The van der Waals surface area contributed by atoms with Gasteiger partial charge in [-0.05, 0) is 17.5 Å². The van der Waals surface area contributed by atoms with Crippen LogP contribution in [0.5, 0.6) is 0 Å². The van der Waals surface area contributed by atoms with Crippen molar-refractivity contribution in [1.29, 1.82) is 0 Å². The van der Waals surface area contributed by atoms with E-state index in [1.165, 1.54) is 18.8 Å². The van der Waals surface area contributed by atoms with Crippen molar-refractivity contribution in [3.8, 4) is 0 Å². The first-order valence-corrected chi connectivity index (χ1v) is 9.61. The van der Waals surface area contributed by atoms with Gasteiger partial charge in [0.25, 0.3) is 11.8 Å². The number of carbonyl (C=O) groups is 4. The maximum absolute atomic E-state index is 12.7. The van der Waals surface area contributed by atoms with Crippen LogP contribution in [-0.2, 0) is 9.59 Å². The lowest BCUT2D eigenvalue weighted by atomic mass is 9.94. The molecule has 7 nitrogen and oxygen atoms in total. The van der Waals surface area contributed by atoms with Crippen LogP contribution in [0, 0.1) is 0 Å². The highest BCUT2D eigenvalue weighted by molar-refractivity contribution is 8.00. The van der Waals surface area contributed by atoms with Crippen LogP contribution in [-0.4, -0.2) is 60.2 Å². The maximum Gasteiger partial charge on any atom is 0.261 e. The van der Waals surface area contributed by atoms with Gasteiger partial charge >= 0.3 is 0 Å². The van der Waals surface area contributed by atoms with Gasteiger partial charge in [-0.15, -0.1) is 11.8 Å². The molecular weight excluding hydrogens is 366 g/mol. The predicted octanol–water partition coefficient (Wildman–Crippen LogP) is 1.03. The fourth-order valence-electron chi connectivity index (χ4n) is 2.95. The van der Waals surface area contributed by atoms with Crippen LogP contribution in [0.1, 0.15) is 20.7 Å². The molecule has 0 radical (unpaired) electrons. The molecule has 1 aliphatic heterocycles. The lowest BCUT2D eigenvalue weighted by molar-refractivity contribution is -0.118. The Morgan fingerprint density at radius 1 is 0.963 bits per heavy atom. The third-order valence-corrected chi connectivity index (χ3v) is 5.19. The summed E-state index contributed by atoms with van der Waals surface area (Å²) in [5.74, 6) is -0.765. The molecule has 1 aliphatic rings. The third kappa shape index (κ3) is 3.95. The highest BCUT2D eigenvalue weighted by atomic mass is 32.2. The van der Waals surface area contributed by atoms with Crippen LogP contribution < -0.4 is 10.6 Å². The molecule has 4 amide bonds. The number of amides is 4. The van der Waals surface area contributed by atoms with Gasteiger partial charge in [-0.3, -0.25) is 24.1 Å². The standard InChI is InChI=1S/C19H19N3O4S/c1-20-15(23)10-27-11-16(24)21-8-9-22-18(25)13-6-2-4-12-5-3-7-14(17(12)13)19(22)26/h2-7H,8-11H2,1H3,(H,20,23)(H,21,24). The highest BCUT2D eigenvalue weighted by Gasteiger charge is 2.32. The second-order valence-corrected chi connectivity index (χ2v) is 6.97. The van der Waals surface area contributed by atoms with Crippen LogP contribution >= 0.6 is 11.8 Å². The molecule has 2 N–H and O–H groups in total. The van der Waals surface area contributed by atoms with Crippen LogP contribution in [0.3, 0.4) is 0 Å². The molecule has 0 atom stereocenters. The monoisotopic (exact) mass is 385 g/mol. The number of thioether (sulfide) groups is 1. The molecule has 3 rings (SSSR count). The molecule has 0 aliphatic carbocycles. The van der Waals surface area contributed by atoms with Crippen LogP contribution in [0.25, 0.3) is 10.8 Å². The van der Waals surface area contributed by atoms with E-state index in [1.807, 2.05) is 12.1 Å². The summed E-state index contributed by atoms with van der Waals surface area (Å²) in [7, 11) is 1.54. The maximum atomic E-state index is 12.7. The molecule has 0 spiro atoms. The Bertz CT molecular complexity index is 878. The van der Waals surface area contributed by atoms with Gasteiger partial charge in [0.15, 0.2) is 0 Å². The summed E-state index contributed by atoms with van der Waals surface area (Å²) in [6.45, 7) is 0.253. The average Bonchev–Trinajstić information content (AvgIpc) is 2.68. The van der Waals surface area contributed by atoms with Crippen molar-refractivity contribution in [2.24, 2.45) is 0 Å². The molecule has 0 saturated carbocycles. The van der Waals surface area contributed by atoms with Crippen molar-refractivity contribution in [3.05, 3.63) is 47.5 Å². The van der Waals surface area contributed by atoms with Crippen LogP contribution in [0.4, 0.5) is 0 Å². The molecular formula is C19H19N3O4S. The molecule has 0 fully saturated rings. The minimum atomic E-state index is -0.354. The van der Waals surface area contributed by atoms with E-state index in [4.69, 9.17) is 0 Å². The Labute approximate surface area is 160 Å². The number of hydrogen-bond acceptors (Lipinski definition) is 5. The zero-order valence-corrected chi connectivity index (χ0v) is 15.6. The number of rotatable bonds is 7. The van der Waals surface area contributed by atoms with Crippen molar-refractivity contribution in [2.45, 2.75) is 0 Å². The van der Waals surface area contributed by atoms with Gasteiger partial charge < -0.3 is 10.6 Å². The Hall–Kier alpha value is -2.87. The van der Waals surface area contributed by atoms with Crippen molar-refractivity contribution in [2.75, 3.05) is 31.6 Å². The summed E-state index contributed by atoms with van der Waals surface area (Å²) in [4.78, 5) is 49.5. The van der Waals surface area contributed by atoms with E-state index >= 15 is 0 Å². The summed E-state index contributed by atoms with van der Waals surface area (Å²) in [6, 6.07) is 10.7. The minimum Gasteiger partial charge on any atom is -0.358 e. The van der Waals surface area contributed by atoms with Gasteiger partial charge in [0.1, 0.15) is 0 Å². The number of nitrogens with zero attached hydrogens (tertiary/aromatic N) is 1. The molecule has 2 aromatic rings. The molecule has 0 aromatic heterocycles. The van der Waals surface area contributed by atoms with Crippen LogP contribution in [0.2, 0.25) is 0 Å². The van der Waals surface area contributed by atoms with Crippen molar-refractivity contribution < 1.29 is 19.2 Å². The number of nitrogens with one attached hydrogen (secondary N) is 2. The Morgan fingerprint density at radius 2 is 1.56 bits per heavy atom. The van der Waals surface area contributed by atoms with Gasteiger partial charge in [0.2, 0.25) is 11.8 Å². The summed E-state index contributed by atoms with van der Waals surface area (Å²) in [6.07, 6.45) is 0. The highest BCUT2D eigenvalue weighted by Crippen LogP contribution is 2.29. The van der Waals surface area contributed by atoms with Crippen LogP contribution in [0.15, 0.2) is 36.4 Å². The minimum absolute atomic E-state index is 0.0915. The SMILES string of the molecule is CNC(=O)CSCC(=O)NCCN1C(=O)c2cccc3cccc(c23)C1=O. The van der Waals surface area contributed by atoms with E-state index in [1.54, 1.807) is 24.3 Å². The molecule has 27 heavy (non-hydrogen) atoms. The van der Waals surface area contributed by atoms with Crippen molar-refractivity contribution in [1.82, 2.24) is 15.5 Å². The molecule has 1 heterocycles. The Morgan fingerprint density at radius 3 is 2.15 bits per heavy atom. The first kappa shape index (κ1) is 18.9. The molecule has 8 heteroatoms. The lowest BCUT2D eigenvalue weighted by Gasteiger charge is -2.27. The van der Waals surface area contributed by atoms with Gasteiger partial charge in [-0.25, -0.2) is 0 Å². The number of carbonyl (C=O) groups excluding carboxylic acids is 4. The van der Waals surface area contributed by atoms with Gasteiger partial charge in [-0.1, -0.05) is 24.3 Å². The van der Waals surface area contributed by atoms with E-state index in [0.717, 1.165) is 10.3 Å². The third-order valence-electron chi connectivity index (χ3n) is 4.26. The van der Waals surface area contributed by atoms with Gasteiger partial charge in [0.05, 0.1) is 11.5 Å².